The molecule has 4 rings (SSSR count). The van der Waals surface area contributed by atoms with E-state index in [0.717, 1.165) is 24.2 Å². The van der Waals surface area contributed by atoms with E-state index in [1.807, 2.05) is 0 Å². The summed E-state index contributed by atoms with van der Waals surface area (Å²) < 4.78 is 6.66. The molecule has 3 heterocycles. The molecule has 0 radical (unpaired) electrons. The first-order chi connectivity index (χ1) is 14.5. The number of amides is 4. The molecule has 9 nitrogen and oxygen atoms in total. The summed E-state index contributed by atoms with van der Waals surface area (Å²) in [4.78, 5) is 44.2. The number of carbonyl (C=O) groups excluding carboxylic acids is 3. The summed E-state index contributed by atoms with van der Waals surface area (Å²) in [5, 5.41) is 6.93. The highest BCUT2D eigenvalue weighted by Gasteiger charge is 2.51. The van der Waals surface area contributed by atoms with Crippen LogP contribution in [0, 0.1) is 6.92 Å². The van der Waals surface area contributed by atoms with Crippen LogP contribution in [0.25, 0.3) is 0 Å². The lowest BCUT2D eigenvalue weighted by Crippen LogP contribution is -2.55. The van der Waals surface area contributed by atoms with Gasteiger partial charge in [0, 0.05) is 13.3 Å². The molecule has 0 aliphatic carbocycles. The molecule has 1 aromatic heterocycles. The fraction of sp³-hybridized carbons (Fsp3) is 0.400. The van der Waals surface area contributed by atoms with Gasteiger partial charge in [0.05, 0.1) is 17.3 Å². The van der Waals surface area contributed by atoms with Crippen molar-refractivity contribution in [2.45, 2.75) is 38.5 Å². The largest absolute Gasteiger partial charge is 0.501 e. The molecule has 1 aromatic carbocycles. The number of aryl methyl sites for hydroxylation is 1. The first-order valence-electron chi connectivity index (χ1n) is 9.79. The SMILES string of the molecule is Cc1nc(C2C(=O)N(CC(=O)Nc3ccccc3Cl)C(=O)[N+]3=C2CCCCC3)no1. The van der Waals surface area contributed by atoms with Gasteiger partial charge in [-0.3, -0.25) is 4.79 Å². The number of nitrogens with zero attached hydrogens (tertiary/aromatic N) is 4. The van der Waals surface area contributed by atoms with Crippen molar-refractivity contribution in [2.24, 2.45) is 0 Å². The Bertz CT molecular complexity index is 1050. The van der Waals surface area contributed by atoms with Crippen LogP contribution in [0.2, 0.25) is 5.02 Å². The summed E-state index contributed by atoms with van der Waals surface area (Å²) in [5.41, 5.74) is 1.08. The van der Waals surface area contributed by atoms with Crippen LogP contribution in [-0.4, -0.2) is 56.3 Å². The minimum atomic E-state index is -0.841. The number of halogens is 1. The van der Waals surface area contributed by atoms with E-state index in [0.29, 0.717) is 35.3 Å². The van der Waals surface area contributed by atoms with Crippen molar-refractivity contribution >= 4 is 40.8 Å². The molecule has 156 valence electrons. The first-order valence-corrected chi connectivity index (χ1v) is 10.2. The summed E-state index contributed by atoms with van der Waals surface area (Å²) in [7, 11) is 0. The number of benzene rings is 1. The van der Waals surface area contributed by atoms with Gasteiger partial charge in [0.25, 0.3) is 5.91 Å². The van der Waals surface area contributed by atoms with Crippen molar-refractivity contribution in [3.8, 4) is 0 Å². The van der Waals surface area contributed by atoms with E-state index < -0.39 is 30.3 Å². The molecule has 10 heteroatoms. The Hall–Kier alpha value is -3.07. The fourth-order valence-electron chi connectivity index (χ4n) is 3.82. The molecule has 2 aliphatic rings. The van der Waals surface area contributed by atoms with Crippen LogP contribution in [0.1, 0.15) is 43.3 Å². The van der Waals surface area contributed by atoms with Crippen molar-refractivity contribution in [3.63, 3.8) is 0 Å². The molecule has 1 unspecified atom stereocenters. The van der Waals surface area contributed by atoms with Gasteiger partial charge in [-0.25, -0.2) is 4.79 Å². The van der Waals surface area contributed by atoms with Crippen LogP contribution in [0.3, 0.4) is 0 Å². The molecular formula is C20H21ClN5O4+. The van der Waals surface area contributed by atoms with Crippen molar-refractivity contribution < 1.29 is 23.5 Å². The molecule has 0 spiro atoms. The second kappa shape index (κ2) is 8.35. The van der Waals surface area contributed by atoms with E-state index in [2.05, 4.69) is 15.5 Å². The van der Waals surface area contributed by atoms with Gasteiger partial charge < -0.3 is 9.84 Å². The van der Waals surface area contributed by atoms with Gasteiger partial charge in [-0.15, -0.1) is 4.90 Å². The van der Waals surface area contributed by atoms with Gasteiger partial charge in [0.1, 0.15) is 5.71 Å². The van der Waals surface area contributed by atoms with E-state index in [1.165, 1.54) is 0 Å². The summed E-state index contributed by atoms with van der Waals surface area (Å²) in [6, 6.07) is 6.26. The van der Waals surface area contributed by atoms with Crippen LogP contribution >= 0.6 is 11.6 Å². The number of para-hydroxylation sites is 1. The third-order valence-electron chi connectivity index (χ3n) is 5.22. The predicted octanol–water partition coefficient (Wildman–Crippen LogP) is 2.74. The Morgan fingerprint density at radius 1 is 1.30 bits per heavy atom. The number of hydrogen-bond acceptors (Lipinski definition) is 6. The lowest BCUT2D eigenvalue weighted by atomic mass is 9.94. The molecule has 0 bridgehead atoms. The molecule has 1 N–H and O–H groups in total. The summed E-state index contributed by atoms with van der Waals surface area (Å²) >= 11 is 6.08. The minimum Gasteiger partial charge on any atom is -0.340 e. The third kappa shape index (κ3) is 3.85. The highest BCUT2D eigenvalue weighted by atomic mass is 35.5. The lowest BCUT2D eigenvalue weighted by Gasteiger charge is -2.25. The second-order valence-corrected chi connectivity index (χ2v) is 7.70. The Morgan fingerprint density at radius 2 is 2.10 bits per heavy atom. The van der Waals surface area contributed by atoms with Crippen molar-refractivity contribution in [3.05, 3.63) is 41.0 Å². The summed E-state index contributed by atoms with van der Waals surface area (Å²) in [6.07, 6.45) is 3.23. The maximum Gasteiger partial charge on any atom is 0.501 e. The Labute approximate surface area is 177 Å². The minimum absolute atomic E-state index is 0.211. The van der Waals surface area contributed by atoms with Crippen LogP contribution in [0.15, 0.2) is 28.8 Å². The molecule has 2 aromatic rings. The van der Waals surface area contributed by atoms with Gasteiger partial charge in [-0.1, -0.05) is 28.9 Å². The van der Waals surface area contributed by atoms with Crippen LogP contribution in [0.4, 0.5) is 10.5 Å². The van der Waals surface area contributed by atoms with Crippen LogP contribution in [-0.2, 0) is 9.59 Å². The van der Waals surface area contributed by atoms with E-state index in [-0.39, 0.29) is 5.82 Å². The number of rotatable bonds is 4. The highest BCUT2D eigenvalue weighted by Crippen LogP contribution is 2.28. The van der Waals surface area contributed by atoms with Gasteiger partial charge in [0.15, 0.2) is 18.3 Å². The molecule has 4 amide bonds. The molecule has 30 heavy (non-hydrogen) atoms. The maximum atomic E-state index is 13.3. The van der Waals surface area contributed by atoms with E-state index in [1.54, 1.807) is 35.8 Å². The normalized spacial score (nSPS) is 19.5. The van der Waals surface area contributed by atoms with Crippen LogP contribution in [0.5, 0.6) is 0 Å². The van der Waals surface area contributed by atoms with Crippen molar-refractivity contribution in [1.82, 2.24) is 15.0 Å². The highest BCUT2D eigenvalue weighted by molar-refractivity contribution is 6.33. The van der Waals surface area contributed by atoms with Gasteiger partial charge in [-0.2, -0.15) is 14.4 Å². The number of urea groups is 1. The summed E-state index contributed by atoms with van der Waals surface area (Å²) in [6.45, 7) is 1.69. The number of hydrogen-bond donors (Lipinski definition) is 1. The lowest BCUT2D eigenvalue weighted by molar-refractivity contribution is -0.440. The molecule has 0 saturated heterocycles. The zero-order valence-corrected chi connectivity index (χ0v) is 17.2. The van der Waals surface area contributed by atoms with E-state index >= 15 is 0 Å². The average Bonchev–Trinajstić information content (AvgIpc) is 2.99. The smallest absolute Gasteiger partial charge is 0.340 e. The standard InChI is InChI=1S/C20H20ClN5O4/c1-12-22-18(24-30-12)17-15-9-3-2-6-10-25(15)20(29)26(19(17)28)11-16(27)23-14-8-5-4-7-13(14)21/h4-5,7-8,17H,2-3,6,9-11H2,1H3/p+1. The average molecular weight is 431 g/mol. The third-order valence-corrected chi connectivity index (χ3v) is 5.55. The number of anilines is 1. The van der Waals surface area contributed by atoms with Gasteiger partial charge in [0.2, 0.25) is 5.89 Å². The molecule has 0 saturated carbocycles. The predicted molar refractivity (Wildman–Crippen MR) is 108 cm³/mol. The van der Waals surface area contributed by atoms with Crippen molar-refractivity contribution in [1.29, 1.82) is 0 Å². The number of aromatic nitrogens is 2. The van der Waals surface area contributed by atoms with Gasteiger partial charge >= 0.3 is 11.9 Å². The number of carbonyl (C=O) groups is 3. The van der Waals surface area contributed by atoms with E-state index in [9.17, 15) is 14.4 Å². The quantitative estimate of drug-likeness (QED) is 0.747. The first kappa shape index (κ1) is 20.2. The molecule has 0 fully saturated rings. The molecule has 2 aliphatic heterocycles. The Morgan fingerprint density at radius 3 is 2.83 bits per heavy atom. The Kier molecular flexibility index (Phi) is 5.63. The molecular weight excluding hydrogens is 410 g/mol. The zero-order valence-electron chi connectivity index (χ0n) is 16.4. The number of imide groups is 1. The topological polar surface area (TPSA) is 108 Å². The van der Waals surface area contributed by atoms with E-state index in [4.69, 9.17) is 16.1 Å². The second-order valence-electron chi connectivity index (χ2n) is 7.29. The molecule has 1 atom stereocenters. The maximum absolute atomic E-state index is 13.3. The fourth-order valence-corrected chi connectivity index (χ4v) is 4.00. The van der Waals surface area contributed by atoms with Crippen molar-refractivity contribution in [2.75, 3.05) is 18.4 Å². The zero-order chi connectivity index (χ0) is 21.3. The van der Waals surface area contributed by atoms with Gasteiger partial charge in [-0.05, 0) is 31.4 Å². The monoisotopic (exact) mass is 430 g/mol. The Balaban J connectivity index is 1.64. The number of nitrogens with one attached hydrogen (secondary N) is 1. The van der Waals surface area contributed by atoms with Crippen LogP contribution < -0.4 is 5.32 Å². The summed E-state index contributed by atoms with van der Waals surface area (Å²) in [5.74, 6) is -1.34.